The Morgan fingerprint density at radius 1 is 1.15 bits per heavy atom. The zero-order valence-corrected chi connectivity index (χ0v) is 20.4. The van der Waals surface area contributed by atoms with Gasteiger partial charge in [-0.3, -0.25) is 0 Å². The summed E-state index contributed by atoms with van der Waals surface area (Å²) in [6.07, 6.45) is 2.23. The minimum atomic E-state index is -0.0981. The first kappa shape index (κ1) is 25.2. The van der Waals surface area contributed by atoms with Crippen LogP contribution in [0.2, 0.25) is 0 Å². The summed E-state index contributed by atoms with van der Waals surface area (Å²) in [5, 5.41) is 10.3. The number of halogens is 1. The van der Waals surface area contributed by atoms with Crippen molar-refractivity contribution in [1.82, 2.24) is 9.88 Å². The van der Waals surface area contributed by atoms with Crippen LogP contribution < -0.4 is 4.90 Å². The summed E-state index contributed by atoms with van der Waals surface area (Å²) in [4.78, 5) is 24.1. The van der Waals surface area contributed by atoms with Crippen LogP contribution in [0, 0.1) is 31.0 Å². The number of nitrogens with zero attached hydrogens (tertiary/aromatic N) is 3. The van der Waals surface area contributed by atoms with Crippen molar-refractivity contribution in [2.75, 3.05) is 25.0 Å². The normalized spacial score (nSPS) is 14.4. The molecule has 0 atom stereocenters. The number of aromatic nitrogens is 1. The fourth-order valence-corrected chi connectivity index (χ4v) is 4.95. The van der Waals surface area contributed by atoms with Gasteiger partial charge < -0.3 is 14.8 Å². The standard InChI is InChI=1S/C26H31FN4.CO2/c1-16(2)31(26-18(4)21-8-7-19(15-28)14-22(21)29-26)23-9-6-17(3)24(25(23)27)20-10-12-30(5)13-11-20;2-1-3/h6-9,14,16,20,29H,10-13H2,1-5H3;. The number of H-pyrrole nitrogens is 1. The number of nitrogens with one attached hydrogen (secondary N) is 1. The molecular formula is C27H31FN4O2. The van der Waals surface area contributed by atoms with Gasteiger partial charge in [0.05, 0.1) is 17.3 Å². The van der Waals surface area contributed by atoms with Gasteiger partial charge in [0.2, 0.25) is 0 Å². The van der Waals surface area contributed by atoms with Gasteiger partial charge in [0, 0.05) is 16.9 Å². The summed E-state index contributed by atoms with van der Waals surface area (Å²) in [7, 11) is 2.13. The molecule has 0 unspecified atom stereocenters. The monoisotopic (exact) mass is 462 g/mol. The number of hydrogen-bond donors (Lipinski definition) is 1. The molecule has 1 N–H and O–H groups in total. The van der Waals surface area contributed by atoms with Crippen molar-refractivity contribution in [3.8, 4) is 6.07 Å². The fraction of sp³-hybridized carbons (Fsp3) is 0.407. The Balaban J connectivity index is 0.00000103. The van der Waals surface area contributed by atoms with E-state index in [4.69, 9.17) is 9.59 Å². The summed E-state index contributed by atoms with van der Waals surface area (Å²) in [6, 6.07) is 11.9. The molecule has 178 valence electrons. The van der Waals surface area contributed by atoms with Crippen molar-refractivity contribution in [3.05, 3.63) is 58.4 Å². The number of benzene rings is 2. The second-order valence-electron chi connectivity index (χ2n) is 9.22. The quantitative estimate of drug-likeness (QED) is 0.548. The van der Waals surface area contributed by atoms with Gasteiger partial charge in [-0.05, 0) is 101 Å². The van der Waals surface area contributed by atoms with Crippen LogP contribution in [0.25, 0.3) is 10.9 Å². The Labute approximate surface area is 200 Å². The first-order chi connectivity index (χ1) is 16.2. The highest BCUT2D eigenvalue weighted by atomic mass is 19.1. The van der Waals surface area contributed by atoms with Crippen LogP contribution in [0.1, 0.15) is 54.9 Å². The average Bonchev–Trinajstić information content (AvgIpc) is 3.12. The zero-order valence-electron chi connectivity index (χ0n) is 20.4. The van der Waals surface area contributed by atoms with Gasteiger partial charge in [-0.25, -0.2) is 4.39 Å². The third-order valence-electron chi connectivity index (χ3n) is 6.68. The number of nitriles is 1. The van der Waals surface area contributed by atoms with Crippen LogP contribution in [0.4, 0.5) is 15.9 Å². The Morgan fingerprint density at radius 2 is 1.79 bits per heavy atom. The van der Waals surface area contributed by atoms with Gasteiger partial charge in [-0.1, -0.05) is 12.1 Å². The Bertz CT molecular complexity index is 1240. The lowest BCUT2D eigenvalue weighted by atomic mass is 9.86. The molecule has 34 heavy (non-hydrogen) atoms. The van der Waals surface area contributed by atoms with E-state index in [0.717, 1.165) is 59.3 Å². The molecule has 0 saturated carbocycles. The number of fused-ring (bicyclic) bond motifs is 1. The minimum Gasteiger partial charge on any atom is -0.341 e. The molecule has 2 aromatic carbocycles. The Hall–Kier alpha value is -3.46. The Kier molecular flexibility index (Phi) is 7.88. The molecule has 0 aliphatic carbocycles. The second-order valence-corrected chi connectivity index (χ2v) is 9.22. The van der Waals surface area contributed by atoms with Gasteiger partial charge in [-0.15, -0.1) is 0 Å². The van der Waals surface area contributed by atoms with Crippen molar-refractivity contribution >= 4 is 28.6 Å². The highest BCUT2D eigenvalue weighted by Gasteiger charge is 2.28. The molecular weight excluding hydrogens is 431 g/mol. The Morgan fingerprint density at radius 3 is 2.38 bits per heavy atom. The molecule has 1 aliphatic heterocycles. The van der Waals surface area contributed by atoms with E-state index in [2.05, 4.69) is 54.7 Å². The molecule has 2 heterocycles. The third kappa shape index (κ3) is 4.89. The first-order valence-electron chi connectivity index (χ1n) is 11.5. The maximum absolute atomic E-state index is 16.1. The van der Waals surface area contributed by atoms with Crippen molar-refractivity contribution in [2.24, 2.45) is 0 Å². The van der Waals surface area contributed by atoms with Crippen LogP contribution in [-0.2, 0) is 9.59 Å². The lowest BCUT2D eigenvalue weighted by molar-refractivity contribution is -0.191. The van der Waals surface area contributed by atoms with E-state index in [0.29, 0.717) is 11.3 Å². The molecule has 4 rings (SSSR count). The molecule has 1 aromatic heterocycles. The molecule has 3 aromatic rings. The predicted molar refractivity (Wildman–Crippen MR) is 131 cm³/mol. The van der Waals surface area contributed by atoms with Crippen molar-refractivity contribution in [1.29, 1.82) is 5.26 Å². The maximum Gasteiger partial charge on any atom is 0.373 e. The van der Waals surface area contributed by atoms with Gasteiger partial charge in [0.15, 0.2) is 5.82 Å². The number of carbonyl (C=O) groups excluding carboxylic acids is 2. The van der Waals surface area contributed by atoms with Gasteiger partial charge in [0.1, 0.15) is 5.82 Å². The van der Waals surface area contributed by atoms with E-state index in [1.165, 1.54) is 0 Å². The van der Waals surface area contributed by atoms with E-state index >= 15 is 4.39 Å². The molecule has 0 amide bonds. The van der Waals surface area contributed by atoms with Crippen molar-refractivity contribution in [3.63, 3.8) is 0 Å². The van der Waals surface area contributed by atoms with Crippen LogP contribution in [0.15, 0.2) is 30.3 Å². The van der Waals surface area contributed by atoms with Gasteiger partial charge in [0.25, 0.3) is 0 Å². The van der Waals surface area contributed by atoms with E-state index in [9.17, 15) is 5.26 Å². The smallest absolute Gasteiger partial charge is 0.341 e. The third-order valence-corrected chi connectivity index (χ3v) is 6.68. The van der Waals surface area contributed by atoms with Gasteiger partial charge >= 0.3 is 6.15 Å². The average molecular weight is 463 g/mol. The van der Waals surface area contributed by atoms with Crippen molar-refractivity contribution in [2.45, 2.75) is 52.5 Å². The van der Waals surface area contributed by atoms with E-state index < -0.39 is 0 Å². The van der Waals surface area contributed by atoms with Crippen LogP contribution in [0.5, 0.6) is 0 Å². The fourth-order valence-electron chi connectivity index (χ4n) is 4.95. The SMILES string of the molecule is Cc1ccc(N(c2[nH]c3cc(C#N)ccc3c2C)C(C)C)c(F)c1C1CCN(C)CC1.O=C=O. The first-order valence-corrected chi connectivity index (χ1v) is 11.5. The molecule has 7 heteroatoms. The molecule has 0 radical (unpaired) electrons. The number of aromatic amines is 1. The van der Waals surface area contributed by atoms with Crippen molar-refractivity contribution < 1.29 is 14.0 Å². The van der Waals surface area contributed by atoms with Crippen LogP contribution in [-0.4, -0.2) is 42.2 Å². The number of anilines is 2. The lowest BCUT2D eigenvalue weighted by Crippen LogP contribution is -2.31. The molecule has 1 aliphatic rings. The molecule has 0 spiro atoms. The molecule has 1 fully saturated rings. The van der Waals surface area contributed by atoms with E-state index in [-0.39, 0.29) is 23.9 Å². The number of aryl methyl sites for hydroxylation is 2. The zero-order chi connectivity index (χ0) is 25.0. The highest BCUT2D eigenvalue weighted by Crippen LogP contribution is 2.40. The van der Waals surface area contributed by atoms with Crippen LogP contribution >= 0.6 is 0 Å². The van der Waals surface area contributed by atoms with E-state index in [1.54, 1.807) is 0 Å². The largest absolute Gasteiger partial charge is 0.373 e. The molecule has 0 bridgehead atoms. The number of hydrogen-bond acceptors (Lipinski definition) is 5. The summed E-state index contributed by atoms with van der Waals surface area (Å²) < 4.78 is 16.1. The summed E-state index contributed by atoms with van der Waals surface area (Å²) >= 11 is 0. The van der Waals surface area contributed by atoms with Gasteiger partial charge in [-0.2, -0.15) is 14.9 Å². The number of piperidine rings is 1. The number of likely N-dealkylation sites (tertiary alicyclic amines) is 1. The molecule has 1 saturated heterocycles. The maximum atomic E-state index is 16.1. The summed E-state index contributed by atoms with van der Waals surface area (Å²) in [5.41, 5.74) is 5.10. The summed E-state index contributed by atoms with van der Waals surface area (Å²) in [5.74, 6) is 1.04. The summed E-state index contributed by atoms with van der Waals surface area (Å²) in [6.45, 7) is 10.3. The predicted octanol–water partition coefficient (Wildman–Crippen LogP) is 5.57. The molecule has 6 nitrogen and oxygen atoms in total. The highest BCUT2D eigenvalue weighted by molar-refractivity contribution is 5.91. The van der Waals surface area contributed by atoms with E-state index in [1.807, 2.05) is 31.2 Å². The topological polar surface area (TPSA) is 80.2 Å². The number of rotatable bonds is 4. The second kappa shape index (κ2) is 10.6. The minimum absolute atomic E-state index is 0.0599. The lowest BCUT2D eigenvalue weighted by Gasteiger charge is -2.33. The van der Waals surface area contributed by atoms with Crippen LogP contribution in [0.3, 0.4) is 0 Å².